The molecule has 1 N–H and O–H groups in total. The van der Waals surface area contributed by atoms with Gasteiger partial charge in [-0.05, 0) is 31.3 Å². The molecule has 1 aromatic rings. The molecule has 0 aromatic heterocycles. The van der Waals surface area contributed by atoms with E-state index in [-0.39, 0.29) is 11.7 Å². The smallest absolute Gasteiger partial charge is 0.415 e. The van der Waals surface area contributed by atoms with Crippen LogP contribution >= 0.6 is 23.5 Å². The van der Waals surface area contributed by atoms with Crippen molar-refractivity contribution >= 4 is 35.3 Å². The van der Waals surface area contributed by atoms with Crippen LogP contribution in [0.3, 0.4) is 0 Å². The van der Waals surface area contributed by atoms with Crippen LogP contribution < -0.4 is 10.2 Å². The highest BCUT2D eigenvalue weighted by Gasteiger charge is 2.46. The van der Waals surface area contributed by atoms with Crippen molar-refractivity contribution in [2.24, 2.45) is 0 Å². The second kappa shape index (κ2) is 5.41. The summed E-state index contributed by atoms with van der Waals surface area (Å²) in [5.41, 5.74) is 0.698. The third-order valence-electron chi connectivity index (χ3n) is 4.32. The molecule has 2 saturated heterocycles. The van der Waals surface area contributed by atoms with Crippen molar-refractivity contribution in [3.63, 3.8) is 0 Å². The summed E-state index contributed by atoms with van der Waals surface area (Å²) >= 11 is 3.78. The van der Waals surface area contributed by atoms with Crippen LogP contribution in [0, 0.1) is 0 Å². The van der Waals surface area contributed by atoms with E-state index >= 15 is 0 Å². The van der Waals surface area contributed by atoms with Crippen LogP contribution in [-0.4, -0.2) is 42.8 Å². The van der Waals surface area contributed by atoms with Crippen molar-refractivity contribution in [3.8, 4) is 0 Å². The van der Waals surface area contributed by atoms with Gasteiger partial charge in [0.25, 0.3) is 0 Å². The highest BCUT2D eigenvalue weighted by atomic mass is 32.2. The number of nitrogens with one attached hydrogen (secondary N) is 1. The number of carbonyl (C=O) groups excluding carboxylic acids is 1. The van der Waals surface area contributed by atoms with Gasteiger partial charge in [0.1, 0.15) is 5.60 Å². The minimum absolute atomic E-state index is 0.190. The lowest BCUT2D eigenvalue weighted by Gasteiger charge is -2.31. The molecule has 6 heteroatoms. The van der Waals surface area contributed by atoms with E-state index in [2.05, 4.69) is 23.5 Å². The van der Waals surface area contributed by atoms with Crippen molar-refractivity contribution in [3.05, 3.63) is 18.2 Å². The van der Waals surface area contributed by atoms with Crippen molar-refractivity contribution in [2.75, 3.05) is 36.0 Å². The number of benzene rings is 1. The third-order valence-corrected chi connectivity index (χ3v) is 6.84. The molecule has 0 unspecified atom stereocenters. The molecule has 1 spiro atoms. The van der Waals surface area contributed by atoms with Gasteiger partial charge in [0.05, 0.1) is 6.54 Å². The Morgan fingerprint density at radius 2 is 1.90 bits per heavy atom. The van der Waals surface area contributed by atoms with Gasteiger partial charge in [-0.15, -0.1) is 23.5 Å². The SMILES string of the molecule is O=C1OC2(CCNCC2)CN1c1ccc2c(c1)SCCS2. The van der Waals surface area contributed by atoms with Gasteiger partial charge < -0.3 is 10.1 Å². The van der Waals surface area contributed by atoms with Crippen molar-refractivity contribution < 1.29 is 9.53 Å². The Morgan fingerprint density at radius 1 is 1.14 bits per heavy atom. The number of ether oxygens (including phenoxy) is 1. The summed E-state index contributed by atoms with van der Waals surface area (Å²) < 4.78 is 5.74. The summed E-state index contributed by atoms with van der Waals surface area (Å²) in [5.74, 6) is 2.31. The second-order valence-electron chi connectivity index (χ2n) is 5.72. The quantitative estimate of drug-likeness (QED) is 0.861. The normalized spacial score (nSPS) is 24.0. The molecule has 0 saturated carbocycles. The van der Waals surface area contributed by atoms with Crippen LogP contribution in [-0.2, 0) is 4.74 Å². The molecular weight excluding hydrogens is 304 g/mol. The average Bonchev–Trinajstić information content (AvgIpc) is 2.83. The fraction of sp³-hybridized carbons (Fsp3) is 0.533. The molecule has 0 radical (unpaired) electrons. The number of hydrogen-bond donors (Lipinski definition) is 1. The first-order valence-corrected chi connectivity index (χ1v) is 9.34. The molecule has 2 fully saturated rings. The van der Waals surface area contributed by atoms with Crippen LogP contribution in [0.5, 0.6) is 0 Å². The summed E-state index contributed by atoms with van der Waals surface area (Å²) in [4.78, 5) is 16.7. The molecule has 1 aromatic carbocycles. The predicted molar refractivity (Wildman–Crippen MR) is 86.6 cm³/mol. The second-order valence-corrected chi connectivity index (χ2v) is 7.99. The fourth-order valence-electron chi connectivity index (χ4n) is 3.16. The molecule has 3 aliphatic rings. The van der Waals surface area contributed by atoms with Crippen molar-refractivity contribution in [2.45, 2.75) is 28.2 Å². The molecule has 112 valence electrons. The standard InChI is InChI=1S/C15H18N2O2S2/c18-14-17(10-15(19-14)3-5-16-6-4-15)11-1-2-12-13(9-11)21-8-7-20-12/h1-2,9,16H,3-8,10H2. The monoisotopic (exact) mass is 322 g/mol. The fourth-order valence-corrected chi connectivity index (χ4v) is 5.40. The zero-order valence-electron chi connectivity index (χ0n) is 11.8. The Kier molecular flexibility index (Phi) is 3.55. The van der Waals surface area contributed by atoms with E-state index < -0.39 is 0 Å². The number of hydrogen-bond acceptors (Lipinski definition) is 5. The average molecular weight is 322 g/mol. The topological polar surface area (TPSA) is 41.6 Å². The first kappa shape index (κ1) is 13.8. The third kappa shape index (κ3) is 2.53. The van der Waals surface area contributed by atoms with Crippen LogP contribution in [0.2, 0.25) is 0 Å². The summed E-state index contributed by atoms with van der Waals surface area (Å²) in [6, 6.07) is 6.34. The van der Waals surface area contributed by atoms with Gasteiger partial charge in [-0.25, -0.2) is 4.79 Å². The minimum atomic E-state index is -0.278. The highest BCUT2D eigenvalue weighted by molar-refractivity contribution is 8.05. The maximum atomic E-state index is 12.3. The molecule has 0 aliphatic carbocycles. The lowest BCUT2D eigenvalue weighted by atomic mass is 9.92. The van der Waals surface area contributed by atoms with Crippen LogP contribution in [0.15, 0.2) is 28.0 Å². The zero-order chi connectivity index (χ0) is 14.3. The van der Waals surface area contributed by atoms with E-state index in [0.29, 0.717) is 6.54 Å². The maximum absolute atomic E-state index is 12.3. The summed E-state index contributed by atoms with van der Waals surface area (Å²) in [7, 11) is 0. The number of piperidine rings is 1. The maximum Gasteiger partial charge on any atom is 0.415 e. The van der Waals surface area contributed by atoms with Gasteiger partial charge in [0, 0.05) is 39.8 Å². The Bertz CT molecular complexity index is 573. The number of anilines is 1. The van der Waals surface area contributed by atoms with Gasteiger partial charge >= 0.3 is 6.09 Å². The predicted octanol–water partition coefficient (Wildman–Crippen LogP) is 2.96. The molecule has 3 aliphatic heterocycles. The Balaban J connectivity index is 1.60. The Hall–Kier alpha value is -0.850. The Morgan fingerprint density at radius 3 is 2.71 bits per heavy atom. The molecule has 0 atom stereocenters. The molecule has 21 heavy (non-hydrogen) atoms. The van der Waals surface area contributed by atoms with Crippen molar-refractivity contribution in [1.82, 2.24) is 5.32 Å². The molecule has 0 bridgehead atoms. The van der Waals surface area contributed by atoms with Crippen LogP contribution in [0.25, 0.3) is 0 Å². The van der Waals surface area contributed by atoms with E-state index in [1.165, 1.54) is 15.5 Å². The van der Waals surface area contributed by atoms with Gasteiger partial charge in [-0.2, -0.15) is 0 Å². The molecule has 3 heterocycles. The van der Waals surface area contributed by atoms with Gasteiger partial charge in [0.2, 0.25) is 0 Å². The van der Waals surface area contributed by atoms with Gasteiger partial charge in [-0.1, -0.05) is 0 Å². The largest absolute Gasteiger partial charge is 0.441 e. The number of fused-ring (bicyclic) bond motifs is 1. The number of carbonyl (C=O) groups is 1. The first-order chi connectivity index (χ1) is 10.3. The number of thioether (sulfide) groups is 2. The number of rotatable bonds is 1. The lowest BCUT2D eigenvalue weighted by Crippen LogP contribution is -2.44. The molecule has 1 amide bonds. The molecule has 4 rings (SSSR count). The molecular formula is C15H18N2O2S2. The number of nitrogens with zero attached hydrogens (tertiary/aromatic N) is 1. The van der Waals surface area contributed by atoms with Crippen LogP contribution in [0.4, 0.5) is 10.5 Å². The van der Waals surface area contributed by atoms with Gasteiger partial charge in [0.15, 0.2) is 0 Å². The number of amides is 1. The lowest BCUT2D eigenvalue weighted by molar-refractivity contribution is 0.0316. The summed E-state index contributed by atoms with van der Waals surface area (Å²) in [6.45, 7) is 2.54. The van der Waals surface area contributed by atoms with E-state index in [0.717, 1.165) is 37.4 Å². The van der Waals surface area contributed by atoms with Gasteiger partial charge in [-0.3, -0.25) is 4.90 Å². The van der Waals surface area contributed by atoms with E-state index in [9.17, 15) is 4.79 Å². The first-order valence-electron chi connectivity index (χ1n) is 7.37. The van der Waals surface area contributed by atoms with E-state index in [1.807, 2.05) is 28.4 Å². The van der Waals surface area contributed by atoms with E-state index in [4.69, 9.17) is 4.74 Å². The van der Waals surface area contributed by atoms with Crippen LogP contribution in [0.1, 0.15) is 12.8 Å². The summed E-state index contributed by atoms with van der Waals surface area (Å²) in [5, 5.41) is 3.33. The van der Waals surface area contributed by atoms with E-state index in [1.54, 1.807) is 0 Å². The Labute approximate surface area is 133 Å². The zero-order valence-corrected chi connectivity index (χ0v) is 13.4. The van der Waals surface area contributed by atoms with Crippen molar-refractivity contribution in [1.29, 1.82) is 0 Å². The summed E-state index contributed by atoms with van der Waals surface area (Å²) in [6.07, 6.45) is 1.63. The molecule has 4 nitrogen and oxygen atoms in total. The minimum Gasteiger partial charge on any atom is -0.441 e. The highest BCUT2D eigenvalue weighted by Crippen LogP contribution is 2.40.